The molecule has 0 bridgehead atoms. The Balaban J connectivity index is 1.36. The van der Waals surface area contributed by atoms with Crippen molar-refractivity contribution in [2.24, 2.45) is 5.92 Å². The highest BCUT2D eigenvalue weighted by molar-refractivity contribution is 5.96. The van der Waals surface area contributed by atoms with Crippen LogP contribution in [0.1, 0.15) is 38.2 Å². The number of hydrogen-bond acceptors (Lipinski definition) is 5. The molecule has 0 saturated heterocycles. The van der Waals surface area contributed by atoms with Gasteiger partial charge in [-0.2, -0.15) is 5.10 Å². The Labute approximate surface area is 227 Å². The molecule has 0 radical (unpaired) electrons. The largest absolute Gasteiger partial charge is 0.358 e. The van der Waals surface area contributed by atoms with Gasteiger partial charge in [-0.25, -0.2) is 4.98 Å². The SMILES string of the molecule is C=C(/C=c1/c(-c2cc3c(-c4cccnc4)ccnc3[nH]2)n[nH]/c1=C/C)c1cncc(NC(=C)C2CCCC2)c1. The van der Waals surface area contributed by atoms with Crippen molar-refractivity contribution in [1.82, 2.24) is 30.1 Å². The normalized spacial score (nSPS) is 14.8. The number of aromatic nitrogens is 6. The molecule has 3 N–H and O–H groups in total. The second-order valence-corrected chi connectivity index (χ2v) is 10.00. The van der Waals surface area contributed by atoms with Gasteiger partial charge in [-0.05, 0) is 67.2 Å². The van der Waals surface area contributed by atoms with E-state index in [2.05, 4.69) is 72.9 Å². The summed E-state index contributed by atoms with van der Waals surface area (Å²) in [5.74, 6) is 0.532. The summed E-state index contributed by atoms with van der Waals surface area (Å²) in [6, 6.07) is 10.2. The van der Waals surface area contributed by atoms with E-state index in [1.165, 1.54) is 25.7 Å². The van der Waals surface area contributed by atoms with Crippen molar-refractivity contribution in [3.8, 4) is 22.5 Å². The van der Waals surface area contributed by atoms with Crippen LogP contribution in [-0.4, -0.2) is 30.1 Å². The molecule has 6 rings (SSSR count). The lowest BCUT2D eigenvalue weighted by molar-refractivity contribution is 0.649. The van der Waals surface area contributed by atoms with E-state index in [1.54, 1.807) is 6.20 Å². The molecule has 1 aliphatic rings. The van der Waals surface area contributed by atoms with Gasteiger partial charge in [0.25, 0.3) is 0 Å². The maximum absolute atomic E-state index is 4.66. The Bertz CT molecular complexity index is 1790. The fraction of sp³-hybridized carbons (Fsp3) is 0.188. The third-order valence-corrected chi connectivity index (χ3v) is 7.46. The molecule has 0 aromatic carbocycles. The summed E-state index contributed by atoms with van der Waals surface area (Å²) >= 11 is 0. The third-order valence-electron chi connectivity index (χ3n) is 7.46. The first-order valence-electron chi connectivity index (χ1n) is 13.3. The molecular formula is C32H31N7. The predicted molar refractivity (Wildman–Crippen MR) is 159 cm³/mol. The maximum atomic E-state index is 4.66. The van der Waals surface area contributed by atoms with Gasteiger partial charge in [0.2, 0.25) is 0 Å². The molecule has 0 spiro atoms. The maximum Gasteiger partial charge on any atom is 0.138 e. The molecule has 39 heavy (non-hydrogen) atoms. The number of nitrogens with zero attached hydrogens (tertiary/aromatic N) is 4. The highest BCUT2D eigenvalue weighted by Crippen LogP contribution is 2.32. The Kier molecular flexibility index (Phi) is 6.63. The minimum Gasteiger partial charge on any atom is -0.358 e. The number of fused-ring (bicyclic) bond motifs is 1. The molecule has 0 amide bonds. The number of anilines is 1. The second-order valence-electron chi connectivity index (χ2n) is 10.00. The predicted octanol–water partition coefficient (Wildman–Crippen LogP) is 5.82. The zero-order valence-corrected chi connectivity index (χ0v) is 22.0. The smallest absolute Gasteiger partial charge is 0.138 e. The van der Waals surface area contributed by atoms with Gasteiger partial charge in [-0.15, -0.1) is 0 Å². The van der Waals surface area contributed by atoms with Gasteiger partial charge in [-0.1, -0.05) is 38.1 Å². The topological polar surface area (TPSA) is 95.2 Å². The molecule has 0 aliphatic heterocycles. The van der Waals surface area contributed by atoms with E-state index >= 15 is 0 Å². The number of rotatable bonds is 7. The van der Waals surface area contributed by atoms with Crippen LogP contribution in [0.25, 0.3) is 51.3 Å². The average Bonchev–Trinajstić information content (AvgIpc) is 3.73. The van der Waals surface area contributed by atoms with Crippen LogP contribution in [0.15, 0.2) is 80.2 Å². The molecule has 194 valence electrons. The number of aromatic amines is 2. The average molecular weight is 514 g/mol. The van der Waals surface area contributed by atoms with Crippen molar-refractivity contribution in [3.63, 3.8) is 0 Å². The molecule has 5 aromatic rings. The molecule has 0 atom stereocenters. The van der Waals surface area contributed by atoms with Crippen molar-refractivity contribution >= 4 is 34.4 Å². The fourth-order valence-electron chi connectivity index (χ4n) is 5.37. The fourth-order valence-corrected chi connectivity index (χ4v) is 5.37. The van der Waals surface area contributed by atoms with Gasteiger partial charge in [0, 0.05) is 52.2 Å². The first-order chi connectivity index (χ1) is 19.1. The van der Waals surface area contributed by atoms with Crippen LogP contribution < -0.4 is 15.9 Å². The van der Waals surface area contributed by atoms with Crippen LogP contribution >= 0.6 is 0 Å². The zero-order chi connectivity index (χ0) is 26.8. The lowest BCUT2D eigenvalue weighted by Gasteiger charge is -2.16. The molecular weight excluding hydrogens is 482 g/mol. The minimum absolute atomic E-state index is 0.532. The van der Waals surface area contributed by atoms with Crippen LogP contribution in [0.4, 0.5) is 5.69 Å². The Morgan fingerprint density at radius 1 is 1.05 bits per heavy atom. The zero-order valence-electron chi connectivity index (χ0n) is 22.0. The molecule has 1 saturated carbocycles. The minimum atomic E-state index is 0.532. The summed E-state index contributed by atoms with van der Waals surface area (Å²) in [4.78, 5) is 16.8. The molecule has 5 aromatic heterocycles. The van der Waals surface area contributed by atoms with E-state index < -0.39 is 0 Å². The monoisotopic (exact) mass is 513 g/mol. The van der Waals surface area contributed by atoms with E-state index in [9.17, 15) is 0 Å². The first-order valence-corrected chi connectivity index (χ1v) is 13.3. The van der Waals surface area contributed by atoms with Gasteiger partial charge in [-0.3, -0.25) is 15.1 Å². The molecule has 7 nitrogen and oxygen atoms in total. The molecule has 7 heteroatoms. The number of hydrogen-bond donors (Lipinski definition) is 3. The Hall–Kier alpha value is -4.78. The van der Waals surface area contributed by atoms with Crippen molar-refractivity contribution in [2.45, 2.75) is 32.6 Å². The van der Waals surface area contributed by atoms with E-state index in [4.69, 9.17) is 0 Å². The van der Waals surface area contributed by atoms with Crippen molar-refractivity contribution in [3.05, 3.63) is 96.3 Å². The van der Waals surface area contributed by atoms with Gasteiger partial charge >= 0.3 is 0 Å². The van der Waals surface area contributed by atoms with E-state index in [1.807, 2.05) is 49.9 Å². The number of H-pyrrole nitrogens is 2. The van der Waals surface area contributed by atoms with Gasteiger partial charge in [0.15, 0.2) is 0 Å². The lowest BCUT2D eigenvalue weighted by Crippen LogP contribution is -2.23. The highest BCUT2D eigenvalue weighted by Gasteiger charge is 2.18. The molecule has 0 unspecified atom stereocenters. The van der Waals surface area contributed by atoms with Crippen LogP contribution in [0.2, 0.25) is 0 Å². The van der Waals surface area contributed by atoms with Gasteiger partial charge < -0.3 is 10.3 Å². The summed E-state index contributed by atoms with van der Waals surface area (Å²) in [6.45, 7) is 10.6. The quantitative estimate of drug-likeness (QED) is 0.255. The van der Waals surface area contributed by atoms with Crippen molar-refractivity contribution < 1.29 is 0 Å². The van der Waals surface area contributed by atoms with Crippen molar-refractivity contribution in [1.29, 1.82) is 0 Å². The van der Waals surface area contributed by atoms with Crippen LogP contribution in [0, 0.1) is 5.92 Å². The second kappa shape index (κ2) is 10.5. The van der Waals surface area contributed by atoms with E-state index in [-0.39, 0.29) is 0 Å². The van der Waals surface area contributed by atoms with E-state index in [0.717, 1.165) is 66.6 Å². The van der Waals surface area contributed by atoms with Gasteiger partial charge in [0.05, 0.1) is 22.9 Å². The number of allylic oxidation sites excluding steroid dienone is 2. The van der Waals surface area contributed by atoms with E-state index in [0.29, 0.717) is 5.92 Å². The molecule has 1 aliphatic carbocycles. The van der Waals surface area contributed by atoms with Crippen LogP contribution in [0.3, 0.4) is 0 Å². The van der Waals surface area contributed by atoms with Crippen molar-refractivity contribution in [2.75, 3.05) is 5.32 Å². The van der Waals surface area contributed by atoms with Crippen LogP contribution in [-0.2, 0) is 0 Å². The Morgan fingerprint density at radius 3 is 2.72 bits per heavy atom. The first kappa shape index (κ1) is 24.6. The molecule has 5 heterocycles. The highest BCUT2D eigenvalue weighted by atomic mass is 15.1. The summed E-state index contributed by atoms with van der Waals surface area (Å²) < 4.78 is 0. The van der Waals surface area contributed by atoms with Gasteiger partial charge in [0.1, 0.15) is 11.3 Å². The Morgan fingerprint density at radius 2 is 1.92 bits per heavy atom. The lowest BCUT2D eigenvalue weighted by atomic mass is 10.0. The third kappa shape index (κ3) is 4.91. The summed E-state index contributed by atoms with van der Waals surface area (Å²) in [7, 11) is 0. The number of pyridine rings is 3. The summed E-state index contributed by atoms with van der Waals surface area (Å²) in [5.41, 5.74) is 8.35. The standard InChI is InChI=1S/C32H31N7/c1-4-29-28(14-20(2)24-15-25(19-34-18-24)36-21(3)22-8-5-6-9-22)31(39-38-29)30-16-27-26(11-13-35-32(27)37-30)23-10-7-12-33-17-23/h4,7,10-19,22,36,38H,2-3,5-6,8-9H2,1H3,(H,35,37)/b28-14+,29-4+. The summed E-state index contributed by atoms with van der Waals surface area (Å²) in [5, 5.41) is 14.2. The number of nitrogens with one attached hydrogen (secondary N) is 3. The van der Waals surface area contributed by atoms with Crippen LogP contribution in [0.5, 0.6) is 0 Å². The molecule has 1 fully saturated rings. The summed E-state index contributed by atoms with van der Waals surface area (Å²) in [6.07, 6.45) is 18.1.